The van der Waals surface area contributed by atoms with Gasteiger partial charge in [-0.25, -0.2) is 8.42 Å². The number of aryl methyl sites for hydroxylation is 1. The Morgan fingerprint density at radius 2 is 2.00 bits per heavy atom. The van der Waals surface area contributed by atoms with Crippen molar-refractivity contribution in [2.75, 3.05) is 4.72 Å². The third-order valence-electron chi connectivity index (χ3n) is 2.37. The number of nitrogens with one attached hydrogen (secondary N) is 1. The number of nitrogens with zero attached hydrogens (tertiary/aromatic N) is 2. The van der Waals surface area contributed by atoms with E-state index in [4.69, 9.17) is 5.11 Å². The highest BCUT2D eigenvalue weighted by Gasteiger charge is 2.14. The van der Waals surface area contributed by atoms with E-state index < -0.39 is 10.0 Å². The zero-order chi connectivity index (χ0) is 13.2. The first-order valence-electron chi connectivity index (χ1n) is 5.22. The van der Waals surface area contributed by atoms with Crippen LogP contribution in [0.2, 0.25) is 0 Å². The Morgan fingerprint density at radius 3 is 2.50 bits per heavy atom. The minimum Gasteiger partial charge on any atom is -0.392 e. The van der Waals surface area contributed by atoms with Gasteiger partial charge < -0.3 is 5.11 Å². The quantitative estimate of drug-likeness (QED) is 0.854. The maximum absolute atomic E-state index is 12.0. The summed E-state index contributed by atoms with van der Waals surface area (Å²) < 4.78 is 27.9. The summed E-state index contributed by atoms with van der Waals surface area (Å²) in [4.78, 5) is 0.142. The first kappa shape index (κ1) is 12.6. The third kappa shape index (κ3) is 2.69. The van der Waals surface area contributed by atoms with E-state index in [1.807, 2.05) is 0 Å². The van der Waals surface area contributed by atoms with Gasteiger partial charge in [-0.3, -0.25) is 9.40 Å². The number of sulfonamides is 1. The first-order chi connectivity index (χ1) is 8.51. The van der Waals surface area contributed by atoms with E-state index in [0.717, 1.165) is 0 Å². The molecule has 0 radical (unpaired) electrons. The fourth-order valence-electron chi connectivity index (χ4n) is 1.46. The van der Waals surface area contributed by atoms with E-state index in [9.17, 15) is 8.42 Å². The molecule has 0 atom stereocenters. The largest absolute Gasteiger partial charge is 0.392 e. The zero-order valence-electron chi connectivity index (χ0n) is 9.74. The van der Waals surface area contributed by atoms with Crippen molar-refractivity contribution in [3.63, 3.8) is 0 Å². The SMILES string of the molecule is Cn1cc(NS(=O)(=O)c2ccc(CO)cc2)cn1. The molecule has 2 rings (SSSR count). The highest BCUT2D eigenvalue weighted by atomic mass is 32.2. The smallest absolute Gasteiger partial charge is 0.261 e. The standard InChI is InChI=1S/C11H13N3O3S/c1-14-7-10(6-12-14)13-18(16,17)11-4-2-9(8-15)3-5-11/h2-7,13,15H,8H2,1H3. The summed E-state index contributed by atoms with van der Waals surface area (Å²) >= 11 is 0. The summed E-state index contributed by atoms with van der Waals surface area (Å²) in [6.45, 7) is -0.115. The van der Waals surface area contributed by atoms with Crippen LogP contribution in [0.25, 0.3) is 0 Å². The summed E-state index contributed by atoms with van der Waals surface area (Å²) in [6.07, 6.45) is 3.00. The molecule has 18 heavy (non-hydrogen) atoms. The lowest BCUT2D eigenvalue weighted by Crippen LogP contribution is -2.12. The van der Waals surface area contributed by atoms with E-state index in [1.54, 1.807) is 25.4 Å². The first-order valence-corrected chi connectivity index (χ1v) is 6.71. The maximum Gasteiger partial charge on any atom is 0.261 e. The summed E-state index contributed by atoms with van der Waals surface area (Å²) in [5.41, 5.74) is 1.07. The van der Waals surface area contributed by atoms with Crippen LogP contribution in [0.4, 0.5) is 5.69 Å². The van der Waals surface area contributed by atoms with Crippen molar-refractivity contribution in [3.8, 4) is 0 Å². The minimum atomic E-state index is -3.61. The van der Waals surface area contributed by atoms with Crippen LogP contribution >= 0.6 is 0 Å². The molecule has 0 aliphatic carbocycles. The maximum atomic E-state index is 12.0. The number of aliphatic hydroxyl groups is 1. The second-order valence-electron chi connectivity index (χ2n) is 3.81. The minimum absolute atomic E-state index is 0.115. The summed E-state index contributed by atoms with van der Waals surface area (Å²) in [5, 5.41) is 12.8. The molecule has 1 aromatic carbocycles. The van der Waals surface area contributed by atoms with Gasteiger partial charge in [-0.15, -0.1) is 0 Å². The highest BCUT2D eigenvalue weighted by molar-refractivity contribution is 7.92. The molecule has 0 saturated heterocycles. The van der Waals surface area contributed by atoms with Gasteiger partial charge in [-0.05, 0) is 17.7 Å². The average Bonchev–Trinajstić information content (AvgIpc) is 2.74. The van der Waals surface area contributed by atoms with E-state index in [-0.39, 0.29) is 11.5 Å². The summed E-state index contributed by atoms with van der Waals surface area (Å²) in [5.74, 6) is 0. The molecule has 6 nitrogen and oxygen atoms in total. The van der Waals surface area contributed by atoms with Crippen molar-refractivity contribution >= 4 is 15.7 Å². The molecule has 0 saturated carbocycles. The molecule has 0 fully saturated rings. The molecule has 0 aliphatic heterocycles. The molecule has 2 N–H and O–H groups in total. The Bertz CT molecular complexity index is 632. The normalized spacial score (nSPS) is 11.4. The summed E-state index contributed by atoms with van der Waals surface area (Å²) in [6, 6.07) is 6.03. The van der Waals surface area contributed by atoms with Gasteiger partial charge >= 0.3 is 0 Å². The van der Waals surface area contributed by atoms with Crippen molar-refractivity contribution < 1.29 is 13.5 Å². The Hall–Kier alpha value is -1.86. The number of anilines is 1. The van der Waals surface area contributed by atoms with Gasteiger partial charge in [0.1, 0.15) is 0 Å². The molecular weight excluding hydrogens is 254 g/mol. The highest BCUT2D eigenvalue weighted by Crippen LogP contribution is 2.15. The van der Waals surface area contributed by atoms with Gasteiger partial charge in [-0.2, -0.15) is 5.10 Å². The Balaban J connectivity index is 2.24. The zero-order valence-corrected chi connectivity index (χ0v) is 10.6. The van der Waals surface area contributed by atoms with Gasteiger partial charge in [0, 0.05) is 13.2 Å². The molecule has 1 heterocycles. The van der Waals surface area contributed by atoms with Crippen LogP contribution in [0, 0.1) is 0 Å². The molecule has 0 unspecified atom stereocenters. The van der Waals surface area contributed by atoms with E-state index in [2.05, 4.69) is 9.82 Å². The molecule has 0 amide bonds. The Kier molecular flexibility index (Phi) is 3.35. The van der Waals surface area contributed by atoms with Crippen molar-refractivity contribution in [2.45, 2.75) is 11.5 Å². The van der Waals surface area contributed by atoms with Gasteiger partial charge in [0.05, 0.1) is 23.4 Å². The molecule has 0 spiro atoms. The lowest BCUT2D eigenvalue weighted by atomic mass is 10.2. The Morgan fingerprint density at radius 1 is 1.33 bits per heavy atom. The van der Waals surface area contributed by atoms with Crippen LogP contribution in [0.5, 0.6) is 0 Å². The number of hydrogen-bond donors (Lipinski definition) is 2. The van der Waals surface area contributed by atoms with Gasteiger partial charge in [0.2, 0.25) is 0 Å². The van der Waals surface area contributed by atoms with Gasteiger partial charge in [-0.1, -0.05) is 12.1 Å². The van der Waals surface area contributed by atoms with E-state index >= 15 is 0 Å². The van der Waals surface area contributed by atoms with Crippen LogP contribution in [0.15, 0.2) is 41.6 Å². The third-order valence-corrected chi connectivity index (χ3v) is 3.77. The monoisotopic (exact) mass is 267 g/mol. The number of aromatic nitrogens is 2. The molecule has 96 valence electrons. The van der Waals surface area contributed by atoms with Gasteiger partial charge in [0.25, 0.3) is 10.0 Å². The fourth-order valence-corrected chi connectivity index (χ4v) is 2.49. The van der Waals surface area contributed by atoms with Crippen LogP contribution in [-0.4, -0.2) is 23.3 Å². The number of aliphatic hydroxyl groups excluding tert-OH is 1. The summed E-state index contributed by atoms with van der Waals surface area (Å²) in [7, 11) is -1.91. The average molecular weight is 267 g/mol. The van der Waals surface area contributed by atoms with Crippen LogP contribution in [-0.2, 0) is 23.7 Å². The fraction of sp³-hybridized carbons (Fsp3) is 0.182. The van der Waals surface area contributed by atoms with Crippen LogP contribution < -0.4 is 4.72 Å². The second-order valence-corrected chi connectivity index (χ2v) is 5.49. The van der Waals surface area contributed by atoms with Crippen molar-refractivity contribution in [3.05, 3.63) is 42.2 Å². The molecule has 7 heteroatoms. The molecule has 0 aliphatic rings. The van der Waals surface area contributed by atoms with Crippen LogP contribution in [0.1, 0.15) is 5.56 Å². The van der Waals surface area contributed by atoms with Crippen molar-refractivity contribution in [1.29, 1.82) is 0 Å². The Labute approximate surface area is 105 Å². The molecule has 0 bridgehead atoms. The topological polar surface area (TPSA) is 84.2 Å². The number of benzene rings is 1. The van der Waals surface area contributed by atoms with Crippen molar-refractivity contribution in [2.24, 2.45) is 7.05 Å². The number of rotatable bonds is 4. The van der Waals surface area contributed by atoms with Gasteiger partial charge in [0.15, 0.2) is 0 Å². The lowest BCUT2D eigenvalue weighted by molar-refractivity contribution is 0.282. The number of hydrogen-bond acceptors (Lipinski definition) is 4. The lowest BCUT2D eigenvalue weighted by Gasteiger charge is -2.06. The van der Waals surface area contributed by atoms with E-state index in [0.29, 0.717) is 11.3 Å². The van der Waals surface area contributed by atoms with E-state index in [1.165, 1.54) is 23.0 Å². The van der Waals surface area contributed by atoms with Crippen LogP contribution in [0.3, 0.4) is 0 Å². The molecule has 1 aromatic heterocycles. The molecular formula is C11H13N3O3S. The second kappa shape index (κ2) is 4.79. The predicted octanol–water partition coefficient (Wildman–Crippen LogP) is 0.713. The predicted molar refractivity (Wildman–Crippen MR) is 66.4 cm³/mol. The molecule has 2 aromatic rings. The van der Waals surface area contributed by atoms with Crippen molar-refractivity contribution in [1.82, 2.24) is 9.78 Å².